The normalized spacial score (nSPS) is 10.4. The lowest BCUT2D eigenvalue weighted by Gasteiger charge is -2.14. The topological polar surface area (TPSA) is 21.3 Å². The highest BCUT2D eigenvalue weighted by molar-refractivity contribution is 9.10. The Morgan fingerprint density at radius 3 is 2.65 bits per heavy atom. The van der Waals surface area contributed by atoms with E-state index in [0.29, 0.717) is 27.0 Å². The zero-order valence-corrected chi connectivity index (χ0v) is 13.6. The molecule has 0 radical (unpaired) electrons. The van der Waals surface area contributed by atoms with Crippen LogP contribution in [0.2, 0.25) is 10.0 Å². The number of rotatable bonds is 4. The summed E-state index contributed by atoms with van der Waals surface area (Å²) in [5, 5.41) is 4.13. The van der Waals surface area contributed by atoms with E-state index in [4.69, 9.17) is 27.9 Å². The predicted octanol–water partition coefficient (Wildman–Crippen LogP) is 5.52. The van der Waals surface area contributed by atoms with Crippen LogP contribution < -0.4 is 10.1 Å². The standard InChI is InChI=1S/C14H11BrCl2FNO/c1-20-14-11(15)5-10(17)6-13(14)19-7-8-4-9(16)2-3-12(8)18/h2-6,19H,7H2,1H3. The van der Waals surface area contributed by atoms with Crippen LogP contribution in [-0.4, -0.2) is 7.11 Å². The molecule has 2 aromatic carbocycles. The molecule has 0 bridgehead atoms. The summed E-state index contributed by atoms with van der Waals surface area (Å²) in [6.07, 6.45) is 0. The molecule has 20 heavy (non-hydrogen) atoms. The molecule has 0 atom stereocenters. The minimum absolute atomic E-state index is 0.273. The summed E-state index contributed by atoms with van der Waals surface area (Å²) in [6.45, 7) is 0.273. The van der Waals surface area contributed by atoms with Gasteiger partial charge < -0.3 is 10.1 Å². The maximum atomic E-state index is 13.6. The quantitative estimate of drug-likeness (QED) is 0.756. The van der Waals surface area contributed by atoms with Gasteiger partial charge in [-0.3, -0.25) is 0 Å². The summed E-state index contributed by atoms with van der Waals surface area (Å²) < 4.78 is 19.7. The SMILES string of the molecule is COc1c(Br)cc(Cl)cc1NCc1cc(Cl)ccc1F. The Kier molecular flexibility index (Phi) is 5.13. The molecule has 0 heterocycles. The van der Waals surface area contributed by atoms with Crippen molar-refractivity contribution in [2.75, 3.05) is 12.4 Å². The smallest absolute Gasteiger partial charge is 0.156 e. The van der Waals surface area contributed by atoms with E-state index in [9.17, 15) is 4.39 Å². The molecule has 0 aliphatic carbocycles. The van der Waals surface area contributed by atoms with Crippen molar-refractivity contribution in [3.8, 4) is 5.75 Å². The highest BCUT2D eigenvalue weighted by Gasteiger charge is 2.10. The Labute approximate surface area is 135 Å². The summed E-state index contributed by atoms with van der Waals surface area (Å²) in [7, 11) is 1.55. The fraction of sp³-hybridized carbons (Fsp3) is 0.143. The first-order valence-electron chi connectivity index (χ1n) is 5.72. The van der Waals surface area contributed by atoms with Gasteiger partial charge in [-0.15, -0.1) is 0 Å². The Hall–Kier alpha value is -0.970. The number of hydrogen-bond donors (Lipinski definition) is 1. The number of hydrogen-bond acceptors (Lipinski definition) is 2. The van der Waals surface area contributed by atoms with Crippen LogP contribution in [0, 0.1) is 5.82 Å². The first kappa shape index (κ1) is 15.4. The van der Waals surface area contributed by atoms with Gasteiger partial charge in [-0.05, 0) is 46.3 Å². The molecule has 0 aliphatic heterocycles. The van der Waals surface area contributed by atoms with Crippen LogP contribution in [0.4, 0.5) is 10.1 Å². The van der Waals surface area contributed by atoms with Gasteiger partial charge in [0.2, 0.25) is 0 Å². The molecule has 0 aliphatic rings. The molecular weight excluding hydrogens is 368 g/mol. The van der Waals surface area contributed by atoms with Crippen molar-refractivity contribution in [2.24, 2.45) is 0 Å². The van der Waals surface area contributed by atoms with E-state index in [1.54, 1.807) is 25.3 Å². The number of nitrogens with one attached hydrogen (secondary N) is 1. The van der Waals surface area contributed by atoms with Gasteiger partial charge in [-0.1, -0.05) is 23.2 Å². The predicted molar refractivity (Wildman–Crippen MR) is 84.4 cm³/mol. The molecule has 0 saturated carbocycles. The lowest BCUT2D eigenvalue weighted by Crippen LogP contribution is -2.03. The molecule has 0 fully saturated rings. The molecule has 0 aromatic heterocycles. The molecule has 0 amide bonds. The first-order chi connectivity index (χ1) is 9.51. The van der Waals surface area contributed by atoms with E-state index in [2.05, 4.69) is 21.2 Å². The summed E-state index contributed by atoms with van der Waals surface area (Å²) >= 11 is 15.2. The van der Waals surface area contributed by atoms with E-state index in [1.807, 2.05) is 0 Å². The molecule has 6 heteroatoms. The minimum atomic E-state index is -0.318. The molecule has 0 saturated heterocycles. The summed E-state index contributed by atoms with van der Waals surface area (Å²) in [6, 6.07) is 7.87. The van der Waals surface area contributed by atoms with Crippen molar-refractivity contribution in [3.63, 3.8) is 0 Å². The van der Waals surface area contributed by atoms with E-state index in [0.717, 1.165) is 4.47 Å². The Morgan fingerprint density at radius 1 is 1.20 bits per heavy atom. The maximum Gasteiger partial charge on any atom is 0.156 e. The van der Waals surface area contributed by atoms with Gasteiger partial charge in [-0.25, -0.2) is 4.39 Å². The van der Waals surface area contributed by atoms with Gasteiger partial charge in [0.1, 0.15) is 5.82 Å². The molecular formula is C14H11BrCl2FNO. The van der Waals surface area contributed by atoms with Gasteiger partial charge in [0.25, 0.3) is 0 Å². The van der Waals surface area contributed by atoms with Gasteiger partial charge in [0.15, 0.2) is 5.75 Å². The second-order valence-electron chi connectivity index (χ2n) is 4.06. The molecule has 0 unspecified atom stereocenters. The second-order valence-corrected chi connectivity index (χ2v) is 5.78. The van der Waals surface area contributed by atoms with Crippen LogP contribution in [0.25, 0.3) is 0 Å². The van der Waals surface area contributed by atoms with Crippen molar-refractivity contribution in [3.05, 3.63) is 56.2 Å². The molecule has 1 N–H and O–H groups in total. The van der Waals surface area contributed by atoms with E-state index in [1.165, 1.54) is 12.1 Å². The average molecular weight is 379 g/mol. The van der Waals surface area contributed by atoms with Gasteiger partial charge in [0.05, 0.1) is 17.3 Å². The third kappa shape index (κ3) is 3.57. The van der Waals surface area contributed by atoms with Gasteiger partial charge in [0, 0.05) is 22.2 Å². The molecule has 2 rings (SSSR count). The molecule has 0 spiro atoms. The lowest BCUT2D eigenvalue weighted by atomic mass is 10.2. The van der Waals surface area contributed by atoms with Gasteiger partial charge >= 0.3 is 0 Å². The van der Waals surface area contributed by atoms with Crippen LogP contribution in [0.15, 0.2) is 34.8 Å². The van der Waals surface area contributed by atoms with Crippen molar-refractivity contribution in [2.45, 2.75) is 6.54 Å². The monoisotopic (exact) mass is 377 g/mol. The van der Waals surface area contributed by atoms with Crippen molar-refractivity contribution in [1.29, 1.82) is 0 Å². The van der Waals surface area contributed by atoms with E-state index >= 15 is 0 Å². The highest BCUT2D eigenvalue weighted by atomic mass is 79.9. The van der Waals surface area contributed by atoms with Crippen LogP contribution >= 0.6 is 39.1 Å². The van der Waals surface area contributed by atoms with Crippen molar-refractivity contribution < 1.29 is 9.13 Å². The summed E-state index contributed by atoms with van der Waals surface area (Å²) in [4.78, 5) is 0. The van der Waals surface area contributed by atoms with Crippen molar-refractivity contribution >= 4 is 44.8 Å². The molecule has 2 nitrogen and oxygen atoms in total. The summed E-state index contributed by atoms with van der Waals surface area (Å²) in [5.41, 5.74) is 1.14. The fourth-order valence-electron chi connectivity index (χ4n) is 1.77. The second kappa shape index (κ2) is 6.66. The van der Waals surface area contributed by atoms with Crippen LogP contribution in [0.1, 0.15) is 5.56 Å². The average Bonchev–Trinajstić information content (AvgIpc) is 2.39. The number of anilines is 1. The number of halogens is 4. The zero-order valence-electron chi connectivity index (χ0n) is 10.5. The fourth-order valence-corrected chi connectivity index (χ4v) is 2.94. The number of benzene rings is 2. The van der Waals surface area contributed by atoms with Crippen LogP contribution in [-0.2, 0) is 6.54 Å². The van der Waals surface area contributed by atoms with Crippen LogP contribution in [0.5, 0.6) is 5.75 Å². The number of ether oxygens (including phenoxy) is 1. The lowest BCUT2D eigenvalue weighted by molar-refractivity contribution is 0.414. The van der Waals surface area contributed by atoms with Crippen molar-refractivity contribution in [1.82, 2.24) is 0 Å². The number of methoxy groups -OCH3 is 1. The third-order valence-electron chi connectivity index (χ3n) is 2.69. The minimum Gasteiger partial charge on any atom is -0.493 e. The van der Waals surface area contributed by atoms with Gasteiger partial charge in [-0.2, -0.15) is 0 Å². The highest BCUT2D eigenvalue weighted by Crippen LogP contribution is 2.36. The molecule has 106 valence electrons. The Morgan fingerprint density at radius 2 is 1.95 bits per heavy atom. The van der Waals surface area contributed by atoms with E-state index < -0.39 is 0 Å². The van der Waals surface area contributed by atoms with Crippen LogP contribution in [0.3, 0.4) is 0 Å². The first-order valence-corrected chi connectivity index (χ1v) is 7.27. The Bertz CT molecular complexity index is 637. The van der Waals surface area contributed by atoms with E-state index in [-0.39, 0.29) is 12.4 Å². The molecule has 2 aromatic rings. The maximum absolute atomic E-state index is 13.6. The Balaban J connectivity index is 2.24. The zero-order chi connectivity index (χ0) is 14.7. The third-order valence-corrected chi connectivity index (χ3v) is 3.73. The summed E-state index contributed by atoms with van der Waals surface area (Å²) in [5.74, 6) is 0.291. The largest absolute Gasteiger partial charge is 0.493 e.